The zero-order valence-electron chi connectivity index (χ0n) is 8.70. The van der Waals surface area contributed by atoms with Crippen molar-refractivity contribution in [3.63, 3.8) is 0 Å². The lowest BCUT2D eigenvalue weighted by molar-refractivity contribution is 0.0351. The van der Waals surface area contributed by atoms with Crippen molar-refractivity contribution in [2.24, 2.45) is 11.8 Å². The predicted octanol–water partition coefficient (Wildman–Crippen LogP) is 1.04. The summed E-state index contributed by atoms with van der Waals surface area (Å²) in [4.78, 5) is 0. The molecule has 0 aliphatic heterocycles. The third-order valence-electron chi connectivity index (χ3n) is 2.38. The molecule has 0 aromatic rings. The molecule has 0 aromatic heterocycles. The van der Waals surface area contributed by atoms with Gasteiger partial charge in [-0.25, -0.2) is 0 Å². The number of ether oxygens (including phenoxy) is 1. The van der Waals surface area contributed by atoms with Crippen molar-refractivity contribution in [1.82, 2.24) is 0 Å². The number of rotatable bonds is 8. The van der Waals surface area contributed by atoms with Gasteiger partial charge in [-0.2, -0.15) is 0 Å². The highest BCUT2D eigenvalue weighted by Crippen LogP contribution is 2.05. The van der Waals surface area contributed by atoms with Gasteiger partial charge in [-0.1, -0.05) is 13.8 Å². The second-order valence-electron chi connectivity index (χ2n) is 3.45. The molecule has 0 amide bonds. The van der Waals surface area contributed by atoms with Crippen LogP contribution in [0.1, 0.15) is 26.7 Å². The fraction of sp³-hybridized carbons (Fsp3) is 1.00. The van der Waals surface area contributed by atoms with Crippen molar-refractivity contribution >= 4 is 0 Å². The van der Waals surface area contributed by atoms with E-state index in [0.29, 0.717) is 13.2 Å². The summed E-state index contributed by atoms with van der Waals surface area (Å²) in [5, 5.41) is 17.8. The smallest absolute Gasteiger partial charge is 0.0516 e. The molecule has 0 aliphatic rings. The van der Waals surface area contributed by atoms with Gasteiger partial charge in [0.15, 0.2) is 0 Å². The van der Waals surface area contributed by atoms with E-state index >= 15 is 0 Å². The molecule has 2 atom stereocenters. The van der Waals surface area contributed by atoms with Gasteiger partial charge in [0, 0.05) is 25.0 Å². The summed E-state index contributed by atoms with van der Waals surface area (Å²) in [6.45, 7) is 5.65. The number of aliphatic hydroxyl groups is 2. The molecule has 13 heavy (non-hydrogen) atoms. The Labute approximate surface area is 80.7 Å². The molecule has 0 heterocycles. The normalized spacial score (nSPS) is 15.7. The lowest BCUT2D eigenvalue weighted by atomic mass is 10.1. The fourth-order valence-corrected chi connectivity index (χ4v) is 1.00. The number of aliphatic hydroxyl groups excluding tert-OH is 2. The zero-order valence-corrected chi connectivity index (χ0v) is 8.70. The lowest BCUT2D eigenvalue weighted by Gasteiger charge is -2.15. The molecule has 2 unspecified atom stereocenters. The maximum Gasteiger partial charge on any atom is 0.0516 e. The van der Waals surface area contributed by atoms with Crippen LogP contribution in [0.3, 0.4) is 0 Å². The molecule has 2 N–H and O–H groups in total. The van der Waals surface area contributed by atoms with Gasteiger partial charge in [-0.3, -0.25) is 0 Å². The predicted molar refractivity (Wildman–Crippen MR) is 52.6 cm³/mol. The quantitative estimate of drug-likeness (QED) is 0.601. The molecule has 0 aliphatic carbocycles. The monoisotopic (exact) mass is 190 g/mol. The summed E-state index contributed by atoms with van der Waals surface area (Å²) < 4.78 is 5.40. The standard InChI is InChI=1S/C10H22O3/c1-3-9(5-11)7-13-8-10(4-2)6-12/h9-12H,3-8H2,1-2H3. The molecular weight excluding hydrogens is 168 g/mol. The van der Waals surface area contributed by atoms with Gasteiger partial charge in [0.2, 0.25) is 0 Å². The third-order valence-corrected chi connectivity index (χ3v) is 2.38. The van der Waals surface area contributed by atoms with Crippen LogP contribution >= 0.6 is 0 Å². The molecular formula is C10H22O3. The van der Waals surface area contributed by atoms with Crippen LogP contribution in [0, 0.1) is 11.8 Å². The topological polar surface area (TPSA) is 49.7 Å². The molecule has 0 fully saturated rings. The van der Waals surface area contributed by atoms with Crippen LogP contribution in [-0.2, 0) is 4.74 Å². The Morgan fingerprint density at radius 1 is 0.923 bits per heavy atom. The first-order valence-electron chi connectivity index (χ1n) is 5.07. The third kappa shape index (κ3) is 6.02. The minimum Gasteiger partial charge on any atom is -0.396 e. The minimum absolute atomic E-state index is 0.187. The Morgan fingerprint density at radius 3 is 1.54 bits per heavy atom. The van der Waals surface area contributed by atoms with E-state index in [0.717, 1.165) is 12.8 Å². The number of hydrogen-bond acceptors (Lipinski definition) is 3. The van der Waals surface area contributed by atoms with E-state index in [4.69, 9.17) is 14.9 Å². The van der Waals surface area contributed by atoms with E-state index in [1.165, 1.54) is 0 Å². The first-order valence-corrected chi connectivity index (χ1v) is 5.07. The molecule has 0 rings (SSSR count). The van der Waals surface area contributed by atoms with Gasteiger partial charge in [0.05, 0.1) is 13.2 Å². The lowest BCUT2D eigenvalue weighted by Crippen LogP contribution is -2.18. The molecule has 0 radical (unpaired) electrons. The Morgan fingerprint density at radius 2 is 1.31 bits per heavy atom. The summed E-state index contributed by atoms with van der Waals surface area (Å²) >= 11 is 0. The van der Waals surface area contributed by atoms with Crippen molar-refractivity contribution in [2.75, 3.05) is 26.4 Å². The highest BCUT2D eigenvalue weighted by Gasteiger charge is 2.07. The van der Waals surface area contributed by atoms with Crippen molar-refractivity contribution in [3.05, 3.63) is 0 Å². The van der Waals surface area contributed by atoms with Gasteiger partial charge in [0.1, 0.15) is 0 Å². The Hall–Kier alpha value is -0.120. The van der Waals surface area contributed by atoms with Crippen LogP contribution in [0.5, 0.6) is 0 Å². The average Bonchev–Trinajstić information content (AvgIpc) is 2.19. The Balaban J connectivity index is 3.41. The minimum atomic E-state index is 0.187. The number of hydrogen-bond donors (Lipinski definition) is 2. The van der Waals surface area contributed by atoms with Crippen molar-refractivity contribution < 1.29 is 14.9 Å². The van der Waals surface area contributed by atoms with Gasteiger partial charge < -0.3 is 14.9 Å². The van der Waals surface area contributed by atoms with E-state index in [2.05, 4.69) is 0 Å². The Bertz CT molecular complexity index is 86.3. The molecule has 0 saturated heterocycles. The second-order valence-corrected chi connectivity index (χ2v) is 3.45. The summed E-state index contributed by atoms with van der Waals surface area (Å²) in [6, 6.07) is 0. The summed E-state index contributed by atoms with van der Waals surface area (Å²) in [5.41, 5.74) is 0. The van der Waals surface area contributed by atoms with Crippen molar-refractivity contribution in [1.29, 1.82) is 0 Å². The molecule has 0 spiro atoms. The van der Waals surface area contributed by atoms with E-state index in [1.807, 2.05) is 13.8 Å². The molecule has 3 nitrogen and oxygen atoms in total. The van der Waals surface area contributed by atoms with Crippen LogP contribution in [0.15, 0.2) is 0 Å². The summed E-state index contributed by atoms with van der Waals surface area (Å²) in [6.07, 6.45) is 1.87. The van der Waals surface area contributed by atoms with Crippen LogP contribution in [0.4, 0.5) is 0 Å². The van der Waals surface area contributed by atoms with E-state index in [9.17, 15) is 0 Å². The van der Waals surface area contributed by atoms with Gasteiger partial charge in [0.25, 0.3) is 0 Å². The van der Waals surface area contributed by atoms with Crippen LogP contribution < -0.4 is 0 Å². The first-order chi connectivity index (χ1) is 6.28. The van der Waals surface area contributed by atoms with E-state index in [1.54, 1.807) is 0 Å². The fourth-order valence-electron chi connectivity index (χ4n) is 1.00. The van der Waals surface area contributed by atoms with Crippen molar-refractivity contribution in [2.45, 2.75) is 26.7 Å². The van der Waals surface area contributed by atoms with E-state index in [-0.39, 0.29) is 25.0 Å². The van der Waals surface area contributed by atoms with Gasteiger partial charge in [-0.05, 0) is 12.8 Å². The summed E-state index contributed by atoms with van der Waals surface area (Å²) in [5.74, 6) is 0.493. The largest absolute Gasteiger partial charge is 0.396 e. The molecule has 3 heteroatoms. The molecule has 0 saturated carbocycles. The van der Waals surface area contributed by atoms with Crippen LogP contribution in [0.2, 0.25) is 0 Å². The molecule has 0 bridgehead atoms. The van der Waals surface area contributed by atoms with Crippen LogP contribution in [-0.4, -0.2) is 36.6 Å². The average molecular weight is 190 g/mol. The van der Waals surface area contributed by atoms with E-state index < -0.39 is 0 Å². The second kappa shape index (κ2) is 8.48. The Kier molecular flexibility index (Phi) is 8.40. The highest BCUT2D eigenvalue weighted by molar-refractivity contribution is 4.56. The van der Waals surface area contributed by atoms with Gasteiger partial charge >= 0.3 is 0 Å². The molecule has 80 valence electrons. The highest BCUT2D eigenvalue weighted by atomic mass is 16.5. The van der Waals surface area contributed by atoms with Gasteiger partial charge in [-0.15, -0.1) is 0 Å². The summed E-state index contributed by atoms with van der Waals surface area (Å²) in [7, 11) is 0. The first kappa shape index (κ1) is 12.9. The SMILES string of the molecule is CCC(CO)COCC(CC)CO. The maximum absolute atomic E-state index is 8.88. The van der Waals surface area contributed by atoms with Crippen LogP contribution in [0.25, 0.3) is 0 Å². The van der Waals surface area contributed by atoms with Crippen molar-refractivity contribution in [3.8, 4) is 0 Å². The zero-order chi connectivity index (χ0) is 10.1. The molecule has 0 aromatic carbocycles. The maximum atomic E-state index is 8.88.